The van der Waals surface area contributed by atoms with Gasteiger partial charge in [-0.2, -0.15) is 10.2 Å². The molecule has 0 aliphatic heterocycles. The quantitative estimate of drug-likeness (QED) is 0.506. The zero-order valence-corrected chi connectivity index (χ0v) is 16.3. The minimum Gasteiger partial charge on any atom is -0.456 e. The molecule has 0 radical (unpaired) electrons. The second-order valence-corrected chi connectivity index (χ2v) is 7.93. The number of ether oxygens (including phenoxy) is 1. The van der Waals surface area contributed by atoms with Gasteiger partial charge < -0.3 is 10.1 Å². The van der Waals surface area contributed by atoms with Crippen molar-refractivity contribution < 1.29 is 14.3 Å². The SMILES string of the molecule is O=C(COC(=O)C[C@H]1C[C@H]2CC[C@@H]1C2)Nc1ccc(N=Nc2ccccc2)cc1. The summed E-state index contributed by atoms with van der Waals surface area (Å²) in [6.07, 6.45) is 5.39. The van der Waals surface area contributed by atoms with Crippen molar-refractivity contribution in [3.05, 3.63) is 54.6 Å². The number of carbonyl (C=O) groups is 2. The van der Waals surface area contributed by atoms with Crippen molar-refractivity contribution in [3.63, 3.8) is 0 Å². The molecule has 4 rings (SSSR count). The van der Waals surface area contributed by atoms with E-state index in [2.05, 4.69) is 15.5 Å². The molecule has 0 saturated heterocycles. The number of azo groups is 1. The first kappa shape index (κ1) is 19.3. The lowest BCUT2D eigenvalue weighted by Gasteiger charge is -2.20. The van der Waals surface area contributed by atoms with Crippen molar-refractivity contribution >= 4 is 28.9 Å². The summed E-state index contributed by atoms with van der Waals surface area (Å²) in [6, 6.07) is 16.5. The molecule has 3 atom stereocenters. The fraction of sp³-hybridized carbons (Fsp3) is 0.391. The highest BCUT2D eigenvalue weighted by Crippen LogP contribution is 2.49. The van der Waals surface area contributed by atoms with Crippen molar-refractivity contribution in [3.8, 4) is 0 Å². The third kappa shape index (κ3) is 5.28. The fourth-order valence-electron chi connectivity index (χ4n) is 4.46. The van der Waals surface area contributed by atoms with E-state index in [1.54, 1.807) is 24.3 Å². The zero-order chi connectivity index (χ0) is 20.1. The smallest absolute Gasteiger partial charge is 0.306 e. The number of rotatable bonds is 7. The van der Waals surface area contributed by atoms with Crippen LogP contribution < -0.4 is 5.32 Å². The maximum absolute atomic E-state index is 12.0. The van der Waals surface area contributed by atoms with E-state index < -0.39 is 0 Å². The standard InChI is InChI=1S/C23H25N3O3/c27-22(15-29-23(28)14-18-13-16-6-7-17(18)12-16)24-19-8-10-21(11-9-19)26-25-20-4-2-1-3-5-20/h1-5,8-11,16-18H,6-7,12-15H2,(H,24,27)/t16-,17+,18+/m0/s1. The summed E-state index contributed by atoms with van der Waals surface area (Å²) in [6.45, 7) is -0.255. The number of esters is 1. The van der Waals surface area contributed by atoms with Gasteiger partial charge in [0.05, 0.1) is 11.4 Å². The molecular weight excluding hydrogens is 366 g/mol. The van der Waals surface area contributed by atoms with Crippen LogP contribution >= 0.6 is 0 Å². The van der Waals surface area contributed by atoms with E-state index in [0.717, 1.165) is 18.0 Å². The number of amides is 1. The van der Waals surface area contributed by atoms with E-state index in [-0.39, 0.29) is 18.5 Å². The molecule has 2 aromatic rings. The number of carbonyl (C=O) groups excluding carboxylic acids is 2. The van der Waals surface area contributed by atoms with Crippen molar-refractivity contribution in [2.45, 2.75) is 32.1 Å². The number of nitrogens with zero attached hydrogens (tertiary/aromatic N) is 2. The molecule has 6 nitrogen and oxygen atoms in total. The van der Waals surface area contributed by atoms with Crippen molar-refractivity contribution in [2.24, 2.45) is 28.0 Å². The van der Waals surface area contributed by atoms with E-state index in [4.69, 9.17) is 4.74 Å². The number of nitrogens with one attached hydrogen (secondary N) is 1. The maximum Gasteiger partial charge on any atom is 0.306 e. The van der Waals surface area contributed by atoms with Crippen LogP contribution in [-0.2, 0) is 14.3 Å². The molecule has 0 heterocycles. The Morgan fingerprint density at radius 3 is 2.31 bits per heavy atom. The Bertz CT molecular complexity index is 880. The van der Waals surface area contributed by atoms with Gasteiger partial charge >= 0.3 is 5.97 Å². The molecule has 6 heteroatoms. The lowest BCUT2D eigenvalue weighted by Crippen LogP contribution is -2.23. The summed E-state index contributed by atoms with van der Waals surface area (Å²) in [4.78, 5) is 24.1. The van der Waals surface area contributed by atoms with Gasteiger partial charge in [-0.15, -0.1) is 0 Å². The number of anilines is 1. The first-order valence-electron chi connectivity index (χ1n) is 10.2. The average molecular weight is 391 g/mol. The fourth-order valence-corrected chi connectivity index (χ4v) is 4.46. The van der Waals surface area contributed by atoms with Crippen molar-refractivity contribution in [2.75, 3.05) is 11.9 Å². The van der Waals surface area contributed by atoms with Gasteiger partial charge in [0.25, 0.3) is 5.91 Å². The molecule has 2 aliphatic carbocycles. The van der Waals surface area contributed by atoms with Gasteiger partial charge in [0.1, 0.15) is 0 Å². The Labute approximate surface area is 170 Å². The Morgan fingerprint density at radius 1 is 0.931 bits per heavy atom. The van der Waals surface area contributed by atoms with Crippen LogP contribution in [-0.4, -0.2) is 18.5 Å². The maximum atomic E-state index is 12.0. The van der Waals surface area contributed by atoms with Gasteiger partial charge in [0, 0.05) is 12.1 Å². The monoisotopic (exact) mass is 391 g/mol. The number of benzene rings is 2. The van der Waals surface area contributed by atoms with Crippen molar-refractivity contribution in [1.29, 1.82) is 0 Å². The normalized spacial score (nSPS) is 22.7. The third-order valence-electron chi connectivity index (χ3n) is 5.87. The lowest BCUT2D eigenvalue weighted by molar-refractivity contribution is -0.148. The molecule has 29 heavy (non-hydrogen) atoms. The molecule has 0 unspecified atom stereocenters. The summed E-state index contributed by atoms with van der Waals surface area (Å²) in [5, 5.41) is 11.0. The molecular formula is C23H25N3O3. The van der Waals surface area contributed by atoms with Gasteiger partial charge in [-0.25, -0.2) is 0 Å². The Kier molecular flexibility index (Phi) is 5.98. The van der Waals surface area contributed by atoms with E-state index in [0.29, 0.717) is 29.6 Å². The van der Waals surface area contributed by atoms with Crippen LogP contribution in [0.25, 0.3) is 0 Å². The van der Waals surface area contributed by atoms with Gasteiger partial charge in [-0.05, 0) is 73.4 Å². The number of hydrogen-bond acceptors (Lipinski definition) is 5. The first-order chi connectivity index (χ1) is 14.2. The molecule has 0 spiro atoms. The summed E-state index contributed by atoms with van der Waals surface area (Å²) in [5.41, 5.74) is 2.08. The number of hydrogen-bond donors (Lipinski definition) is 1. The lowest BCUT2D eigenvalue weighted by atomic mass is 9.86. The molecule has 1 N–H and O–H groups in total. The first-order valence-corrected chi connectivity index (χ1v) is 10.2. The summed E-state index contributed by atoms with van der Waals surface area (Å²) < 4.78 is 5.17. The minimum atomic E-state index is -0.343. The highest BCUT2D eigenvalue weighted by Gasteiger charge is 2.40. The van der Waals surface area contributed by atoms with E-state index >= 15 is 0 Å². The van der Waals surface area contributed by atoms with Crippen molar-refractivity contribution in [1.82, 2.24) is 0 Å². The van der Waals surface area contributed by atoms with Crippen LogP contribution in [0.2, 0.25) is 0 Å². The summed E-state index contributed by atoms with van der Waals surface area (Å²) in [7, 11) is 0. The minimum absolute atomic E-state index is 0.255. The van der Waals surface area contributed by atoms with E-state index in [1.165, 1.54) is 19.3 Å². The van der Waals surface area contributed by atoms with Gasteiger partial charge in [0.15, 0.2) is 6.61 Å². The molecule has 2 aromatic carbocycles. The topological polar surface area (TPSA) is 80.1 Å². The molecule has 2 fully saturated rings. The summed E-state index contributed by atoms with van der Waals surface area (Å²) >= 11 is 0. The van der Waals surface area contributed by atoms with Gasteiger partial charge in [-0.1, -0.05) is 24.6 Å². The van der Waals surface area contributed by atoms with Gasteiger partial charge in [-0.3, -0.25) is 9.59 Å². The Hall–Kier alpha value is -3.02. The second-order valence-electron chi connectivity index (χ2n) is 7.93. The molecule has 0 aromatic heterocycles. The second kappa shape index (κ2) is 8.99. The third-order valence-corrected chi connectivity index (χ3v) is 5.87. The van der Waals surface area contributed by atoms with Crippen LogP contribution in [0.3, 0.4) is 0 Å². The average Bonchev–Trinajstić information content (AvgIpc) is 3.36. The molecule has 1 amide bonds. The highest BCUT2D eigenvalue weighted by molar-refractivity contribution is 5.92. The van der Waals surface area contributed by atoms with Crippen LogP contribution in [0.15, 0.2) is 64.8 Å². The van der Waals surface area contributed by atoms with Crippen LogP contribution in [0.5, 0.6) is 0 Å². The van der Waals surface area contributed by atoms with E-state index in [1.807, 2.05) is 30.3 Å². The highest BCUT2D eigenvalue weighted by atomic mass is 16.5. The number of fused-ring (bicyclic) bond motifs is 2. The Balaban J connectivity index is 1.20. The van der Waals surface area contributed by atoms with Gasteiger partial charge in [0.2, 0.25) is 0 Å². The molecule has 150 valence electrons. The Morgan fingerprint density at radius 2 is 1.66 bits per heavy atom. The predicted molar refractivity (Wildman–Crippen MR) is 110 cm³/mol. The predicted octanol–water partition coefficient (Wildman–Crippen LogP) is 5.41. The van der Waals surface area contributed by atoms with Crippen LogP contribution in [0.4, 0.5) is 17.1 Å². The summed E-state index contributed by atoms with van der Waals surface area (Å²) in [5.74, 6) is 1.32. The van der Waals surface area contributed by atoms with E-state index in [9.17, 15) is 9.59 Å². The molecule has 2 saturated carbocycles. The molecule has 2 bridgehead atoms. The van der Waals surface area contributed by atoms with Crippen LogP contribution in [0.1, 0.15) is 32.1 Å². The largest absolute Gasteiger partial charge is 0.456 e. The molecule has 2 aliphatic rings. The van der Waals surface area contributed by atoms with Crippen LogP contribution in [0, 0.1) is 17.8 Å². The zero-order valence-electron chi connectivity index (χ0n) is 16.3.